The van der Waals surface area contributed by atoms with Crippen LogP contribution in [0.2, 0.25) is 0 Å². The van der Waals surface area contributed by atoms with Crippen LogP contribution in [0.4, 0.5) is 0 Å². The number of hydrogen-bond donors (Lipinski definition) is 2. The summed E-state index contributed by atoms with van der Waals surface area (Å²) >= 11 is 0. The fraction of sp³-hybridized carbons (Fsp3) is 0.450. The molecule has 3 rings (SSSR count). The van der Waals surface area contributed by atoms with Crippen LogP contribution < -0.4 is 10.6 Å². The molecule has 1 aromatic carbocycles. The second kappa shape index (κ2) is 11.7. The highest BCUT2D eigenvalue weighted by Crippen LogP contribution is 2.07. The molecule has 2 aromatic rings. The zero-order valence-electron chi connectivity index (χ0n) is 16.3. The summed E-state index contributed by atoms with van der Waals surface area (Å²) in [6, 6.07) is 10.2. The topological polar surface area (TPSA) is 74.5 Å². The molecule has 2 N–H and O–H groups in total. The third-order valence-corrected chi connectivity index (χ3v) is 4.50. The first-order valence-electron chi connectivity index (χ1n) is 9.60. The maximum Gasteiger partial charge on any atom is 0.241 e. The molecule has 8 heteroatoms. The number of amides is 1. The molecule has 0 spiro atoms. The lowest BCUT2D eigenvalue weighted by Gasteiger charge is -2.17. The summed E-state index contributed by atoms with van der Waals surface area (Å²) in [6.07, 6.45) is 6.06. The van der Waals surface area contributed by atoms with Crippen molar-refractivity contribution in [1.82, 2.24) is 25.3 Å². The lowest BCUT2D eigenvalue weighted by atomic mass is 10.2. The van der Waals surface area contributed by atoms with E-state index in [4.69, 9.17) is 0 Å². The van der Waals surface area contributed by atoms with Gasteiger partial charge in [0.1, 0.15) is 0 Å². The lowest BCUT2D eigenvalue weighted by Crippen LogP contribution is -2.44. The first-order valence-corrected chi connectivity index (χ1v) is 9.60. The van der Waals surface area contributed by atoms with Gasteiger partial charge in [-0.1, -0.05) is 30.3 Å². The van der Waals surface area contributed by atoms with Crippen LogP contribution in [0.1, 0.15) is 30.9 Å². The predicted octanol–water partition coefficient (Wildman–Crippen LogP) is 2.23. The summed E-state index contributed by atoms with van der Waals surface area (Å²) < 4.78 is 1.91. The van der Waals surface area contributed by atoms with E-state index in [9.17, 15) is 4.79 Å². The van der Waals surface area contributed by atoms with Gasteiger partial charge < -0.3 is 15.5 Å². The molecule has 2 heterocycles. The van der Waals surface area contributed by atoms with E-state index in [0.717, 1.165) is 44.6 Å². The Morgan fingerprint density at radius 1 is 1.14 bits per heavy atom. The molecule has 0 bridgehead atoms. The van der Waals surface area contributed by atoms with E-state index < -0.39 is 0 Å². The highest BCUT2D eigenvalue weighted by Gasteiger charge is 2.17. The molecular weight excluding hydrogens is 467 g/mol. The zero-order chi connectivity index (χ0) is 18.9. The molecule has 1 saturated heterocycles. The molecule has 1 aromatic heterocycles. The number of rotatable bonds is 7. The Bertz CT molecular complexity index is 755. The average Bonchev–Trinajstić information content (AvgIpc) is 3.37. The van der Waals surface area contributed by atoms with Gasteiger partial charge >= 0.3 is 0 Å². The molecule has 0 aliphatic carbocycles. The van der Waals surface area contributed by atoms with Crippen molar-refractivity contribution in [1.29, 1.82) is 0 Å². The van der Waals surface area contributed by atoms with Crippen molar-refractivity contribution in [2.24, 2.45) is 4.99 Å². The fourth-order valence-electron chi connectivity index (χ4n) is 3.09. The van der Waals surface area contributed by atoms with Crippen LogP contribution in [0.25, 0.3) is 0 Å². The number of carbonyl (C=O) groups is 1. The molecule has 0 saturated carbocycles. The van der Waals surface area contributed by atoms with Gasteiger partial charge in [0.15, 0.2) is 5.96 Å². The van der Waals surface area contributed by atoms with Crippen molar-refractivity contribution in [3.63, 3.8) is 0 Å². The molecule has 1 aliphatic rings. The molecule has 1 aliphatic heterocycles. The van der Waals surface area contributed by atoms with E-state index >= 15 is 0 Å². The van der Waals surface area contributed by atoms with Crippen LogP contribution in [-0.2, 0) is 17.9 Å². The van der Waals surface area contributed by atoms with Crippen LogP contribution in [0.3, 0.4) is 0 Å². The van der Waals surface area contributed by atoms with Crippen molar-refractivity contribution in [2.45, 2.75) is 32.9 Å². The van der Waals surface area contributed by atoms with E-state index in [0.29, 0.717) is 12.5 Å². The SMILES string of the molecule is CCNC(=NCc1cnn(Cc2ccccc2)c1)NCC(=O)N1CCCC1.I. The monoisotopic (exact) mass is 496 g/mol. The minimum absolute atomic E-state index is 0. The number of hydrogen-bond acceptors (Lipinski definition) is 3. The number of benzene rings is 1. The number of aliphatic imine (C=N–C) groups is 1. The van der Waals surface area contributed by atoms with Gasteiger partial charge in [0.2, 0.25) is 5.91 Å². The van der Waals surface area contributed by atoms with Gasteiger partial charge in [-0.2, -0.15) is 5.10 Å². The first-order chi connectivity index (χ1) is 13.2. The van der Waals surface area contributed by atoms with Crippen LogP contribution in [0.15, 0.2) is 47.7 Å². The number of nitrogens with one attached hydrogen (secondary N) is 2. The van der Waals surface area contributed by atoms with Gasteiger partial charge in [-0.3, -0.25) is 9.48 Å². The van der Waals surface area contributed by atoms with Crippen LogP contribution in [0.5, 0.6) is 0 Å². The highest BCUT2D eigenvalue weighted by molar-refractivity contribution is 14.0. The maximum atomic E-state index is 12.2. The summed E-state index contributed by atoms with van der Waals surface area (Å²) in [4.78, 5) is 18.7. The van der Waals surface area contributed by atoms with Crippen LogP contribution in [0, 0.1) is 0 Å². The number of guanidine groups is 1. The van der Waals surface area contributed by atoms with E-state index in [1.54, 1.807) is 0 Å². The van der Waals surface area contributed by atoms with Crippen molar-refractivity contribution in [3.8, 4) is 0 Å². The van der Waals surface area contributed by atoms with E-state index in [1.165, 1.54) is 5.56 Å². The van der Waals surface area contributed by atoms with Gasteiger partial charge in [0.25, 0.3) is 0 Å². The Labute approximate surface area is 183 Å². The minimum Gasteiger partial charge on any atom is -0.357 e. The molecule has 1 fully saturated rings. The molecule has 28 heavy (non-hydrogen) atoms. The second-order valence-corrected chi connectivity index (χ2v) is 6.67. The fourth-order valence-corrected chi connectivity index (χ4v) is 3.09. The number of aromatic nitrogens is 2. The van der Waals surface area contributed by atoms with Gasteiger partial charge in [-0.15, -0.1) is 24.0 Å². The summed E-state index contributed by atoms with van der Waals surface area (Å²) in [5, 5.41) is 10.7. The number of halogens is 1. The van der Waals surface area contributed by atoms with Crippen LogP contribution >= 0.6 is 24.0 Å². The molecule has 1 amide bonds. The van der Waals surface area contributed by atoms with E-state index in [-0.39, 0.29) is 36.4 Å². The van der Waals surface area contributed by atoms with Crippen molar-refractivity contribution in [3.05, 3.63) is 53.9 Å². The number of nitrogens with zero attached hydrogens (tertiary/aromatic N) is 4. The Morgan fingerprint density at radius 3 is 2.61 bits per heavy atom. The van der Waals surface area contributed by atoms with Crippen molar-refractivity contribution >= 4 is 35.8 Å². The third-order valence-electron chi connectivity index (χ3n) is 4.50. The van der Waals surface area contributed by atoms with E-state index in [1.807, 2.05) is 47.1 Å². The maximum absolute atomic E-state index is 12.2. The summed E-state index contributed by atoms with van der Waals surface area (Å²) in [5.74, 6) is 0.787. The largest absolute Gasteiger partial charge is 0.357 e. The Hall–Kier alpha value is -2.10. The lowest BCUT2D eigenvalue weighted by molar-refractivity contribution is -0.128. The normalized spacial score (nSPS) is 13.9. The first kappa shape index (κ1) is 22.2. The molecule has 152 valence electrons. The number of likely N-dealkylation sites (tertiary alicyclic amines) is 1. The molecule has 7 nitrogen and oxygen atoms in total. The van der Waals surface area contributed by atoms with Crippen LogP contribution in [-0.4, -0.2) is 52.7 Å². The molecule has 0 unspecified atom stereocenters. The average molecular weight is 496 g/mol. The predicted molar refractivity (Wildman–Crippen MR) is 122 cm³/mol. The zero-order valence-corrected chi connectivity index (χ0v) is 18.6. The third kappa shape index (κ3) is 6.81. The van der Waals surface area contributed by atoms with Gasteiger partial charge in [0, 0.05) is 31.4 Å². The summed E-state index contributed by atoms with van der Waals surface area (Å²) in [7, 11) is 0. The quantitative estimate of drug-likeness (QED) is 0.351. The summed E-state index contributed by atoms with van der Waals surface area (Å²) in [5.41, 5.74) is 2.25. The Morgan fingerprint density at radius 2 is 1.89 bits per heavy atom. The van der Waals surface area contributed by atoms with Crippen molar-refractivity contribution in [2.75, 3.05) is 26.2 Å². The van der Waals surface area contributed by atoms with Gasteiger partial charge in [0.05, 0.1) is 25.8 Å². The van der Waals surface area contributed by atoms with Gasteiger partial charge in [-0.25, -0.2) is 4.99 Å². The standard InChI is InChI=1S/C20H28N6O.HI/c1-2-21-20(23-14-19(27)25-10-6-7-11-25)22-12-18-13-24-26(16-18)15-17-8-4-3-5-9-17;/h3-5,8-9,13,16H,2,6-7,10-12,14-15H2,1H3,(H2,21,22,23);1H. The minimum atomic E-state index is 0. The van der Waals surface area contributed by atoms with Gasteiger partial charge in [-0.05, 0) is 25.3 Å². The van der Waals surface area contributed by atoms with Crippen molar-refractivity contribution < 1.29 is 4.79 Å². The molecule has 0 atom stereocenters. The number of carbonyl (C=O) groups excluding carboxylic acids is 1. The highest BCUT2D eigenvalue weighted by atomic mass is 127. The smallest absolute Gasteiger partial charge is 0.241 e. The van der Waals surface area contributed by atoms with E-state index in [2.05, 4.69) is 32.9 Å². The molecular formula is C20H29IN6O. The Balaban J connectivity index is 0.00000280. The summed E-state index contributed by atoms with van der Waals surface area (Å²) in [6.45, 7) is 6.03. The molecule has 0 radical (unpaired) electrons. The second-order valence-electron chi connectivity index (χ2n) is 6.67. The Kier molecular flexibility index (Phi) is 9.26.